The van der Waals surface area contributed by atoms with E-state index in [1.165, 1.54) is 26.3 Å². The van der Waals surface area contributed by atoms with Crippen molar-refractivity contribution >= 4 is 16.0 Å². The highest BCUT2D eigenvalue weighted by atomic mass is 32.2. The summed E-state index contributed by atoms with van der Waals surface area (Å²) in [6.07, 6.45) is 0. The van der Waals surface area contributed by atoms with Crippen molar-refractivity contribution in [2.75, 3.05) is 27.3 Å². The van der Waals surface area contributed by atoms with E-state index in [1.807, 2.05) is 0 Å². The van der Waals surface area contributed by atoms with Crippen LogP contribution in [0.3, 0.4) is 0 Å². The predicted molar refractivity (Wildman–Crippen MR) is 66.9 cm³/mol. The van der Waals surface area contributed by atoms with Crippen LogP contribution in [0, 0.1) is 0 Å². The first-order chi connectivity index (χ1) is 8.84. The highest BCUT2D eigenvalue weighted by molar-refractivity contribution is 7.89. The molecule has 2 N–H and O–H groups in total. The Hall–Kier alpha value is -1.64. The molecule has 0 aliphatic heterocycles. The maximum atomic E-state index is 12.1. The third kappa shape index (κ3) is 3.22. The van der Waals surface area contributed by atoms with E-state index in [4.69, 9.17) is 14.9 Å². The lowest BCUT2D eigenvalue weighted by Crippen LogP contribution is -2.29. The Balaban J connectivity index is 3.29. The molecule has 19 heavy (non-hydrogen) atoms. The Morgan fingerprint density at radius 3 is 2.53 bits per heavy atom. The van der Waals surface area contributed by atoms with E-state index in [0.29, 0.717) is 0 Å². The SMILES string of the molecule is COc1ccc(S(=O)(=O)N(C)CCO)cc1C(=O)O. The molecule has 0 fully saturated rings. The Morgan fingerprint density at radius 1 is 1.42 bits per heavy atom. The Morgan fingerprint density at radius 2 is 2.05 bits per heavy atom. The molecule has 1 rings (SSSR count). The van der Waals surface area contributed by atoms with Crippen molar-refractivity contribution in [1.82, 2.24) is 4.31 Å². The van der Waals surface area contributed by atoms with E-state index in [9.17, 15) is 13.2 Å². The van der Waals surface area contributed by atoms with Gasteiger partial charge in [0.25, 0.3) is 0 Å². The van der Waals surface area contributed by atoms with Crippen LogP contribution in [-0.4, -0.2) is 56.2 Å². The Bertz CT molecular complexity index is 569. The summed E-state index contributed by atoms with van der Waals surface area (Å²) < 4.78 is 30.0. The number of sulfonamides is 1. The quantitative estimate of drug-likeness (QED) is 0.764. The standard InChI is InChI=1S/C11H15NO6S/c1-12(5-6-13)19(16,17)8-3-4-10(18-2)9(7-8)11(14)15/h3-4,7,13H,5-6H2,1-2H3,(H,14,15). The van der Waals surface area contributed by atoms with E-state index in [1.54, 1.807) is 0 Å². The first-order valence-electron chi connectivity index (χ1n) is 5.33. The van der Waals surface area contributed by atoms with Gasteiger partial charge in [-0.15, -0.1) is 0 Å². The first kappa shape index (κ1) is 15.4. The van der Waals surface area contributed by atoms with Crippen LogP contribution in [0.25, 0.3) is 0 Å². The van der Waals surface area contributed by atoms with Gasteiger partial charge in [-0.1, -0.05) is 0 Å². The van der Waals surface area contributed by atoms with Crippen molar-refractivity contribution < 1.29 is 28.2 Å². The molecule has 0 spiro atoms. The smallest absolute Gasteiger partial charge is 0.339 e. The zero-order valence-corrected chi connectivity index (χ0v) is 11.3. The van der Waals surface area contributed by atoms with Crippen molar-refractivity contribution in [2.45, 2.75) is 4.90 Å². The van der Waals surface area contributed by atoms with Crippen LogP contribution < -0.4 is 4.74 Å². The molecule has 0 amide bonds. The molecule has 0 bridgehead atoms. The predicted octanol–water partition coefficient (Wildman–Crippen LogP) is 0.00620. The van der Waals surface area contributed by atoms with Gasteiger partial charge in [0.15, 0.2) is 0 Å². The second-order valence-corrected chi connectivity index (χ2v) is 5.76. The molecule has 0 saturated carbocycles. The first-order valence-corrected chi connectivity index (χ1v) is 6.77. The molecule has 1 aromatic rings. The largest absolute Gasteiger partial charge is 0.496 e. The molecule has 0 saturated heterocycles. The number of carboxylic acid groups (broad SMARTS) is 1. The molecule has 106 valence electrons. The number of carboxylic acids is 1. The highest BCUT2D eigenvalue weighted by Crippen LogP contribution is 2.24. The van der Waals surface area contributed by atoms with Crippen molar-refractivity contribution in [3.05, 3.63) is 23.8 Å². The monoisotopic (exact) mass is 289 g/mol. The average molecular weight is 289 g/mol. The molecule has 0 heterocycles. The summed E-state index contributed by atoms with van der Waals surface area (Å²) in [5, 5.41) is 17.8. The molecule has 8 heteroatoms. The molecule has 0 aromatic heterocycles. The number of aromatic carboxylic acids is 1. The number of aliphatic hydroxyl groups is 1. The summed E-state index contributed by atoms with van der Waals surface area (Å²) in [4.78, 5) is 10.9. The van der Waals surface area contributed by atoms with E-state index >= 15 is 0 Å². The minimum Gasteiger partial charge on any atom is -0.496 e. The number of nitrogens with zero attached hydrogens (tertiary/aromatic N) is 1. The summed E-state index contributed by atoms with van der Waals surface area (Å²) in [5.41, 5.74) is -0.235. The highest BCUT2D eigenvalue weighted by Gasteiger charge is 2.23. The molecule has 7 nitrogen and oxygen atoms in total. The van der Waals surface area contributed by atoms with Crippen LogP contribution in [0.2, 0.25) is 0 Å². The number of aliphatic hydroxyl groups excluding tert-OH is 1. The number of rotatable bonds is 6. The Kier molecular flexibility index (Phi) is 4.87. The number of methoxy groups -OCH3 is 1. The van der Waals surface area contributed by atoms with E-state index in [2.05, 4.69) is 0 Å². The van der Waals surface area contributed by atoms with Gasteiger partial charge in [-0.25, -0.2) is 13.2 Å². The molecule has 0 atom stereocenters. The minimum absolute atomic E-state index is 0.0727. The number of carbonyl (C=O) groups is 1. The van der Waals surface area contributed by atoms with Gasteiger partial charge < -0.3 is 14.9 Å². The third-order valence-corrected chi connectivity index (χ3v) is 4.38. The van der Waals surface area contributed by atoms with Crippen LogP contribution in [0.5, 0.6) is 5.75 Å². The number of hydrogen-bond acceptors (Lipinski definition) is 5. The van der Waals surface area contributed by atoms with Gasteiger partial charge in [-0.05, 0) is 18.2 Å². The van der Waals surface area contributed by atoms with Gasteiger partial charge in [-0.3, -0.25) is 0 Å². The van der Waals surface area contributed by atoms with Gasteiger partial charge in [-0.2, -0.15) is 4.31 Å². The zero-order chi connectivity index (χ0) is 14.6. The summed E-state index contributed by atoms with van der Waals surface area (Å²) in [6.45, 7) is -0.394. The van der Waals surface area contributed by atoms with Crippen molar-refractivity contribution in [2.24, 2.45) is 0 Å². The molecule has 0 radical (unpaired) electrons. The van der Waals surface area contributed by atoms with Crippen LogP contribution in [0.1, 0.15) is 10.4 Å². The number of benzene rings is 1. The second kappa shape index (κ2) is 6.00. The summed E-state index contributed by atoms with van der Waals surface area (Å²) >= 11 is 0. The van der Waals surface area contributed by atoms with Crippen LogP contribution in [0.4, 0.5) is 0 Å². The maximum absolute atomic E-state index is 12.1. The second-order valence-electron chi connectivity index (χ2n) is 3.72. The maximum Gasteiger partial charge on any atom is 0.339 e. The van der Waals surface area contributed by atoms with Gasteiger partial charge >= 0.3 is 5.97 Å². The van der Waals surface area contributed by atoms with Gasteiger partial charge in [0, 0.05) is 13.6 Å². The van der Waals surface area contributed by atoms with E-state index in [0.717, 1.165) is 10.4 Å². The third-order valence-electron chi connectivity index (χ3n) is 2.52. The zero-order valence-electron chi connectivity index (χ0n) is 10.5. The lowest BCUT2D eigenvalue weighted by molar-refractivity contribution is 0.0693. The van der Waals surface area contributed by atoms with Gasteiger partial charge in [0.05, 0.1) is 18.6 Å². The lowest BCUT2D eigenvalue weighted by atomic mass is 10.2. The fraction of sp³-hybridized carbons (Fsp3) is 0.364. The van der Waals surface area contributed by atoms with Crippen molar-refractivity contribution in [3.63, 3.8) is 0 Å². The molecule has 0 aliphatic rings. The van der Waals surface area contributed by atoms with Crippen molar-refractivity contribution in [3.8, 4) is 5.75 Å². The Labute approximate surface area is 111 Å². The van der Waals surface area contributed by atoms with Gasteiger partial charge in [0.1, 0.15) is 11.3 Å². The lowest BCUT2D eigenvalue weighted by Gasteiger charge is -2.16. The molecule has 0 unspecified atom stereocenters. The number of ether oxygens (including phenoxy) is 1. The fourth-order valence-electron chi connectivity index (χ4n) is 1.46. The van der Waals surface area contributed by atoms with E-state index < -0.39 is 16.0 Å². The van der Waals surface area contributed by atoms with Crippen molar-refractivity contribution in [1.29, 1.82) is 0 Å². The van der Waals surface area contributed by atoms with Gasteiger partial charge in [0.2, 0.25) is 10.0 Å². The summed E-state index contributed by atoms with van der Waals surface area (Å²) in [6, 6.07) is 3.57. The van der Waals surface area contributed by atoms with Crippen LogP contribution >= 0.6 is 0 Å². The molecule has 1 aromatic carbocycles. The topological polar surface area (TPSA) is 104 Å². The normalized spacial score (nSPS) is 11.6. The average Bonchev–Trinajstić information content (AvgIpc) is 2.38. The molecule has 0 aliphatic carbocycles. The van der Waals surface area contributed by atoms with Crippen LogP contribution in [-0.2, 0) is 10.0 Å². The summed E-state index contributed by atoms with van der Waals surface area (Å²) in [7, 11) is -1.23. The fourth-order valence-corrected chi connectivity index (χ4v) is 2.64. The molecular formula is C11H15NO6S. The number of hydrogen-bond donors (Lipinski definition) is 2. The van der Waals surface area contributed by atoms with Crippen LogP contribution in [0.15, 0.2) is 23.1 Å². The minimum atomic E-state index is -3.83. The summed E-state index contributed by atoms with van der Waals surface area (Å²) in [5.74, 6) is -1.20. The van der Waals surface area contributed by atoms with E-state index in [-0.39, 0.29) is 29.4 Å². The number of likely N-dealkylation sites (N-methyl/N-ethyl adjacent to an activating group) is 1. The molecular weight excluding hydrogens is 274 g/mol.